The average molecular weight is 252 g/mol. The Hall–Kier alpha value is -0.940. The van der Waals surface area contributed by atoms with Gasteiger partial charge in [0.25, 0.3) is 0 Å². The van der Waals surface area contributed by atoms with Gasteiger partial charge in [-0.05, 0) is 6.42 Å². The normalized spacial score (nSPS) is 19.0. The van der Waals surface area contributed by atoms with E-state index in [4.69, 9.17) is 4.52 Å². The fourth-order valence-corrected chi connectivity index (χ4v) is 2.23. The highest BCUT2D eigenvalue weighted by Gasteiger charge is 2.16. The van der Waals surface area contributed by atoms with Crippen molar-refractivity contribution in [3.8, 4) is 0 Å². The third-order valence-electron chi connectivity index (χ3n) is 3.47. The summed E-state index contributed by atoms with van der Waals surface area (Å²) in [6, 6.07) is 0. The van der Waals surface area contributed by atoms with Crippen LogP contribution in [-0.2, 0) is 6.54 Å². The van der Waals surface area contributed by atoms with Gasteiger partial charge in [-0.2, -0.15) is 4.98 Å². The molecule has 1 unspecified atom stereocenters. The Balaban J connectivity index is 1.84. The first kappa shape index (κ1) is 13.5. The summed E-state index contributed by atoms with van der Waals surface area (Å²) in [7, 11) is 0. The van der Waals surface area contributed by atoms with Gasteiger partial charge in [-0.3, -0.25) is 4.90 Å². The van der Waals surface area contributed by atoms with Crippen LogP contribution in [0.25, 0.3) is 0 Å². The van der Waals surface area contributed by atoms with Gasteiger partial charge in [0.2, 0.25) is 5.89 Å². The molecule has 1 saturated heterocycles. The molecule has 2 rings (SSSR count). The minimum absolute atomic E-state index is 0.384. The van der Waals surface area contributed by atoms with Gasteiger partial charge in [0, 0.05) is 32.1 Å². The van der Waals surface area contributed by atoms with Gasteiger partial charge in [0.15, 0.2) is 5.82 Å². The van der Waals surface area contributed by atoms with Crippen LogP contribution in [0.1, 0.15) is 50.7 Å². The molecule has 0 amide bonds. The van der Waals surface area contributed by atoms with E-state index in [1.165, 1.54) is 12.8 Å². The van der Waals surface area contributed by atoms with Crippen LogP contribution in [0.4, 0.5) is 0 Å². The standard InChI is InChI=1S/C13H24N4O/c1-3-4-5-11(2)13-15-12(16-18-13)10-17-8-6-14-7-9-17/h11,14H,3-10H2,1-2H3. The second-order valence-electron chi connectivity index (χ2n) is 5.12. The Labute approximate surface area is 109 Å². The number of piperazine rings is 1. The molecule has 0 aromatic carbocycles. The lowest BCUT2D eigenvalue weighted by Gasteiger charge is -2.25. The van der Waals surface area contributed by atoms with E-state index >= 15 is 0 Å². The summed E-state index contributed by atoms with van der Waals surface area (Å²) in [6.45, 7) is 9.42. The molecule has 1 atom stereocenters. The molecule has 18 heavy (non-hydrogen) atoms. The third kappa shape index (κ3) is 3.78. The molecular formula is C13H24N4O. The molecular weight excluding hydrogens is 228 g/mol. The van der Waals surface area contributed by atoms with Crippen LogP contribution in [0.15, 0.2) is 4.52 Å². The van der Waals surface area contributed by atoms with Crippen molar-refractivity contribution in [1.29, 1.82) is 0 Å². The zero-order valence-electron chi connectivity index (χ0n) is 11.5. The summed E-state index contributed by atoms with van der Waals surface area (Å²) in [6.07, 6.45) is 3.56. The molecule has 2 heterocycles. The molecule has 1 aromatic rings. The molecule has 0 saturated carbocycles. The average Bonchev–Trinajstić information content (AvgIpc) is 2.86. The quantitative estimate of drug-likeness (QED) is 0.836. The predicted molar refractivity (Wildman–Crippen MR) is 70.4 cm³/mol. The molecule has 0 aliphatic carbocycles. The predicted octanol–water partition coefficient (Wildman–Crippen LogP) is 1.77. The van der Waals surface area contributed by atoms with Crippen molar-refractivity contribution in [2.45, 2.75) is 45.6 Å². The summed E-state index contributed by atoms with van der Waals surface area (Å²) in [5, 5.41) is 7.43. The van der Waals surface area contributed by atoms with Crippen LogP contribution in [0, 0.1) is 0 Å². The maximum atomic E-state index is 5.36. The van der Waals surface area contributed by atoms with Crippen molar-refractivity contribution in [3.05, 3.63) is 11.7 Å². The topological polar surface area (TPSA) is 54.2 Å². The number of nitrogens with zero attached hydrogens (tertiary/aromatic N) is 3. The van der Waals surface area contributed by atoms with Crippen LogP contribution in [0.2, 0.25) is 0 Å². The SMILES string of the molecule is CCCCC(C)c1nc(CN2CCNCC2)no1. The van der Waals surface area contributed by atoms with Crippen LogP contribution >= 0.6 is 0 Å². The highest BCUT2D eigenvalue weighted by Crippen LogP contribution is 2.19. The van der Waals surface area contributed by atoms with E-state index in [1.807, 2.05) is 0 Å². The monoisotopic (exact) mass is 252 g/mol. The lowest BCUT2D eigenvalue weighted by Crippen LogP contribution is -2.43. The van der Waals surface area contributed by atoms with E-state index in [9.17, 15) is 0 Å². The van der Waals surface area contributed by atoms with Crippen molar-refractivity contribution >= 4 is 0 Å². The van der Waals surface area contributed by atoms with E-state index in [-0.39, 0.29) is 0 Å². The Morgan fingerprint density at radius 1 is 1.39 bits per heavy atom. The number of hydrogen-bond donors (Lipinski definition) is 1. The van der Waals surface area contributed by atoms with E-state index in [0.717, 1.165) is 50.9 Å². The Morgan fingerprint density at radius 2 is 2.17 bits per heavy atom. The molecule has 1 aliphatic heterocycles. The molecule has 0 radical (unpaired) electrons. The molecule has 1 aliphatic rings. The number of aromatic nitrogens is 2. The first-order valence-electron chi connectivity index (χ1n) is 7.05. The van der Waals surface area contributed by atoms with Gasteiger partial charge in [0.1, 0.15) is 0 Å². The van der Waals surface area contributed by atoms with Gasteiger partial charge in [-0.15, -0.1) is 0 Å². The fraction of sp³-hybridized carbons (Fsp3) is 0.846. The molecule has 102 valence electrons. The van der Waals surface area contributed by atoms with Gasteiger partial charge >= 0.3 is 0 Å². The number of unbranched alkanes of at least 4 members (excludes halogenated alkanes) is 1. The van der Waals surface area contributed by atoms with Crippen LogP contribution in [-0.4, -0.2) is 41.2 Å². The summed E-state index contributed by atoms with van der Waals surface area (Å²) >= 11 is 0. The second kappa shape index (κ2) is 6.85. The van der Waals surface area contributed by atoms with Gasteiger partial charge in [-0.1, -0.05) is 31.8 Å². The second-order valence-corrected chi connectivity index (χ2v) is 5.12. The van der Waals surface area contributed by atoms with Crippen LogP contribution in [0.5, 0.6) is 0 Å². The number of hydrogen-bond acceptors (Lipinski definition) is 5. The molecule has 1 fully saturated rings. The fourth-order valence-electron chi connectivity index (χ4n) is 2.23. The number of nitrogens with one attached hydrogen (secondary N) is 1. The summed E-state index contributed by atoms with van der Waals surface area (Å²) in [4.78, 5) is 6.88. The first-order chi connectivity index (χ1) is 8.79. The lowest BCUT2D eigenvalue weighted by molar-refractivity contribution is 0.224. The van der Waals surface area contributed by atoms with Gasteiger partial charge in [0.05, 0.1) is 6.54 Å². The zero-order valence-corrected chi connectivity index (χ0v) is 11.5. The van der Waals surface area contributed by atoms with Crippen molar-refractivity contribution in [2.75, 3.05) is 26.2 Å². The molecule has 0 spiro atoms. The lowest BCUT2D eigenvalue weighted by atomic mass is 10.0. The van der Waals surface area contributed by atoms with Crippen molar-refractivity contribution in [1.82, 2.24) is 20.4 Å². The Bertz CT molecular complexity index is 347. The molecule has 5 nitrogen and oxygen atoms in total. The highest BCUT2D eigenvalue weighted by molar-refractivity contribution is 4.92. The highest BCUT2D eigenvalue weighted by atomic mass is 16.5. The molecule has 1 N–H and O–H groups in total. The molecule has 5 heteroatoms. The minimum Gasteiger partial charge on any atom is -0.339 e. The summed E-state index contributed by atoms with van der Waals surface area (Å²) in [5.41, 5.74) is 0. The molecule has 1 aromatic heterocycles. The van der Waals surface area contributed by atoms with E-state index in [2.05, 4.69) is 34.2 Å². The van der Waals surface area contributed by atoms with Crippen molar-refractivity contribution < 1.29 is 4.52 Å². The first-order valence-corrected chi connectivity index (χ1v) is 7.05. The zero-order chi connectivity index (χ0) is 12.8. The summed E-state index contributed by atoms with van der Waals surface area (Å²) < 4.78 is 5.36. The van der Waals surface area contributed by atoms with E-state index in [1.54, 1.807) is 0 Å². The van der Waals surface area contributed by atoms with Crippen LogP contribution in [0.3, 0.4) is 0 Å². The minimum atomic E-state index is 0.384. The third-order valence-corrected chi connectivity index (χ3v) is 3.47. The summed E-state index contributed by atoms with van der Waals surface area (Å²) in [5.74, 6) is 2.01. The van der Waals surface area contributed by atoms with Crippen LogP contribution < -0.4 is 5.32 Å². The van der Waals surface area contributed by atoms with E-state index in [0.29, 0.717) is 5.92 Å². The van der Waals surface area contributed by atoms with E-state index < -0.39 is 0 Å². The molecule has 0 bridgehead atoms. The van der Waals surface area contributed by atoms with Gasteiger partial charge < -0.3 is 9.84 Å². The Morgan fingerprint density at radius 3 is 2.89 bits per heavy atom. The maximum Gasteiger partial charge on any atom is 0.229 e. The smallest absolute Gasteiger partial charge is 0.229 e. The largest absolute Gasteiger partial charge is 0.339 e. The maximum absolute atomic E-state index is 5.36. The van der Waals surface area contributed by atoms with Crippen molar-refractivity contribution in [2.24, 2.45) is 0 Å². The van der Waals surface area contributed by atoms with Crippen molar-refractivity contribution in [3.63, 3.8) is 0 Å². The number of rotatable bonds is 6. The Kier molecular flexibility index (Phi) is 5.13. The van der Waals surface area contributed by atoms with Gasteiger partial charge in [-0.25, -0.2) is 0 Å².